The first-order chi connectivity index (χ1) is 6.77. The molecule has 0 aliphatic carbocycles. The minimum absolute atomic E-state index is 0.322. The molecule has 0 fully saturated rings. The number of hydrogen-bond donors (Lipinski definition) is 1. The lowest BCUT2D eigenvalue weighted by molar-refractivity contribution is -0.139. The van der Waals surface area contributed by atoms with Gasteiger partial charge in [-0.25, -0.2) is 4.79 Å². The van der Waals surface area contributed by atoms with Crippen molar-refractivity contribution in [1.29, 1.82) is 0 Å². The summed E-state index contributed by atoms with van der Waals surface area (Å²) in [6.45, 7) is -0.322. The Morgan fingerprint density at radius 1 is 1.57 bits per heavy atom. The highest BCUT2D eigenvalue weighted by atomic mass is 32.1. The van der Waals surface area contributed by atoms with Crippen molar-refractivity contribution in [2.75, 3.05) is 6.61 Å². The van der Waals surface area contributed by atoms with E-state index in [0.29, 0.717) is 5.75 Å². The maximum atomic E-state index is 10.3. The molecule has 4 nitrogen and oxygen atoms in total. The van der Waals surface area contributed by atoms with Crippen LogP contribution in [-0.2, 0) is 4.79 Å². The molecule has 0 unspecified atom stereocenters. The van der Waals surface area contributed by atoms with E-state index < -0.39 is 5.97 Å². The number of fused-ring (bicyclic) bond motifs is 1. The molecule has 5 heteroatoms. The van der Waals surface area contributed by atoms with Crippen molar-refractivity contribution in [3.8, 4) is 5.75 Å². The van der Waals surface area contributed by atoms with Crippen molar-refractivity contribution >= 4 is 27.6 Å². The summed E-state index contributed by atoms with van der Waals surface area (Å²) < 4.78 is 10.00. The molecular formula is C9H7NO3S. The highest BCUT2D eigenvalue weighted by molar-refractivity contribution is 7.13. The van der Waals surface area contributed by atoms with Crippen molar-refractivity contribution in [2.24, 2.45) is 0 Å². The van der Waals surface area contributed by atoms with Gasteiger partial charge in [-0.15, -0.1) is 0 Å². The van der Waals surface area contributed by atoms with Crippen LogP contribution in [0.15, 0.2) is 24.4 Å². The Kier molecular flexibility index (Phi) is 2.32. The molecule has 0 radical (unpaired) electrons. The van der Waals surface area contributed by atoms with Crippen LogP contribution in [0.2, 0.25) is 0 Å². The maximum Gasteiger partial charge on any atom is 0.341 e. The summed E-state index contributed by atoms with van der Waals surface area (Å²) in [6.07, 6.45) is 1.73. The van der Waals surface area contributed by atoms with E-state index in [1.54, 1.807) is 12.3 Å². The predicted molar refractivity (Wildman–Crippen MR) is 52.8 cm³/mol. The zero-order valence-electron chi connectivity index (χ0n) is 7.14. The zero-order chi connectivity index (χ0) is 9.97. The topological polar surface area (TPSA) is 59.4 Å². The number of rotatable bonds is 3. The monoisotopic (exact) mass is 209 g/mol. The number of aromatic nitrogens is 1. The van der Waals surface area contributed by atoms with Gasteiger partial charge in [0.15, 0.2) is 6.61 Å². The standard InChI is InChI=1S/C9H7NO3S/c11-8(12)5-13-7-3-1-2-6-4-10-14-9(6)7/h1-4H,5H2,(H,11,12). The summed E-state index contributed by atoms with van der Waals surface area (Å²) in [5, 5.41) is 9.43. The van der Waals surface area contributed by atoms with Gasteiger partial charge in [-0.1, -0.05) is 12.1 Å². The van der Waals surface area contributed by atoms with Crippen LogP contribution in [-0.4, -0.2) is 22.1 Å². The van der Waals surface area contributed by atoms with Crippen LogP contribution in [0.3, 0.4) is 0 Å². The first-order valence-corrected chi connectivity index (χ1v) is 4.73. The molecule has 2 rings (SSSR count). The van der Waals surface area contributed by atoms with Crippen molar-refractivity contribution in [1.82, 2.24) is 4.37 Å². The third-order valence-electron chi connectivity index (χ3n) is 1.70. The van der Waals surface area contributed by atoms with Crippen LogP contribution in [0.4, 0.5) is 0 Å². The maximum absolute atomic E-state index is 10.3. The summed E-state index contributed by atoms with van der Waals surface area (Å²) in [7, 11) is 0. The molecule has 1 aromatic heterocycles. The van der Waals surface area contributed by atoms with Gasteiger partial charge in [0.1, 0.15) is 5.75 Å². The van der Waals surface area contributed by atoms with Gasteiger partial charge in [0.05, 0.1) is 4.70 Å². The highest BCUT2D eigenvalue weighted by Gasteiger charge is 2.05. The second-order valence-corrected chi connectivity index (χ2v) is 3.48. The number of carbonyl (C=O) groups is 1. The number of nitrogens with zero attached hydrogens (tertiary/aromatic N) is 1. The molecule has 0 saturated carbocycles. The van der Waals surface area contributed by atoms with Crippen LogP contribution in [0.1, 0.15) is 0 Å². The van der Waals surface area contributed by atoms with Crippen molar-refractivity contribution in [3.05, 3.63) is 24.4 Å². The average molecular weight is 209 g/mol. The Morgan fingerprint density at radius 3 is 3.21 bits per heavy atom. The number of ether oxygens (including phenoxy) is 1. The Morgan fingerprint density at radius 2 is 2.43 bits per heavy atom. The lowest BCUT2D eigenvalue weighted by Gasteiger charge is -2.02. The SMILES string of the molecule is O=C(O)COc1cccc2cnsc12. The number of carboxylic acids is 1. The third kappa shape index (κ3) is 1.67. The number of benzene rings is 1. The van der Waals surface area contributed by atoms with Gasteiger partial charge < -0.3 is 9.84 Å². The fourth-order valence-electron chi connectivity index (χ4n) is 1.12. The highest BCUT2D eigenvalue weighted by Crippen LogP contribution is 2.28. The van der Waals surface area contributed by atoms with Gasteiger partial charge in [0, 0.05) is 11.6 Å². The second-order valence-electron chi connectivity index (χ2n) is 2.68. The molecule has 72 valence electrons. The van der Waals surface area contributed by atoms with E-state index in [2.05, 4.69) is 4.37 Å². The summed E-state index contributed by atoms with van der Waals surface area (Å²) in [4.78, 5) is 10.3. The lowest BCUT2D eigenvalue weighted by Crippen LogP contribution is -2.09. The Hall–Kier alpha value is -1.62. The molecule has 1 heterocycles. The quantitative estimate of drug-likeness (QED) is 0.836. The van der Waals surface area contributed by atoms with Gasteiger partial charge in [-0.3, -0.25) is 0 Å². The van der Waals surface area contributed by atoms with E-state index in [0.717, 1.165) is 10.1 Å². The van der Waals surface area contributed by atoms with Crippen molar-refractivity contribution in [2.45, 2.75) is 0 Å². The smallest absolute Gasteiger partial charge is 0.341 e. The van der Waals surface area contributed by atoms with Gasteiger partial charge in [0.2, 0.25) is 0 Å². The Labute approximate surface area is 83.9 Å². The predicted octanol–water partition coefficient (Wildman–Crippen LogP) is 1.76. The van der Waals surface area contributed by atoms with Gasteiger partial charge in [0.25, 0.3) is 0 Å². The minimum atomic E-state index is -0.980. The van der Waals surface area contributed by atoms with Gasteiger partial charge >= 0.3 is 5.97 Å². The van der Waals surface area contributed by atoms with Crippen molar-refractivity contribution in [3.63, 3.8) is 0 Å². The minimum Gasteiger partial charge on any atom is -0.480 e. The molecular weight excluding hydrogens is 202 g/mol. The summed E-state index contributed by atoms with van der Waals surface area (Å²) in [5.74, 6) is -0.404. The lowest BCUT2D eigenvalue weighted by atomic mass is 10.3. The number of carboxylic acid groups (broad SMARTS) is 1. The molecule has 2 aromatic rings. The van der Waals surface area contributed by atoms with Crippen LogP contribution in [0.5, 0.6) is 5.75 Å². The van der Waals surface area contributed by atoms with Crippen molar-refractivity contribution < 1.29 is 14.6 Å². The van der Waals surface area contributed by atoms with E-state index in [-0.39, 0.29) is 6.61 Å². The van der Waals surface area contributed by atoms with E-state index in [4.69, 9.17) is 9.84 Å². The third-order valence-corrected chi connectivity index (χ3v) is 2.53. The first kappa shape index (κ1) is 8.96. The molecule has 1 N–H and O–H groups in total. The van der Waals surface area contributed by atoms with Crippen LogP contribution in [0, 0.1) is 0 Å². The summed E-state index contributed by atoms with van der Waals surface area (Å²) in [5.41, 5.74) is 0. The summed E-state index contributed by atoms with van der Waals surface area (Å²) in [6, 6.07) is 5.46. The molecule has 0 atom stereocenters. The van der Waals surface area contributed by atoms with Crippen LogP contribution >= 0.6 is 11.5 Å². The van der Waals surface area contributed by atoms with E-state index in [1.807, 2.05) is 12.1 Å². The Bertz CT molecular complexity index is 466. The molecule has 0 spiro atoms. The molecule has 0 aliphatic rings. The fraction of sp³-hybridized carbons (Fsp3) is 0.111. The number of hydrogen-bond acceptors (Lipinski definition) is 4. The normalized spacial score (nSPS) is 10.3. The second kappa shape index (κ2) is 3.63. The van der Waals surface area contributed by atoms with E-state index in [1.165, 1.54) is 11.5 Å². The average Bonchev–Trinajstić information content (AvgIpc) is 2.62. The van der Waals surface area contributed by atoms with Crippen LogP contribution in [0.25, 0.3) is 10.1 Å². The van der Waals surface area contributed by atoms with Gasteiger partial charge in [-0.2, -0.15) is 4.37 Å². The number of aliphatic carboxylic acids is 1. The summed E-state index contributed by atoms with van der Waals surface area (Å²) >= 11 is 1.30. The first-order valence-electron chi connectivity index (χ1n) is 3.95. The molecule has 0 bridgehead atoms. The molecule has 1 aromatic carbocycles. The fourth-order valence-corrected chi connectivity index (χ4v) is 1.84. The Balaban J connectivity index is 2.32. The molecule has 0 saturated heterocycles. The van der Waals surface area contributed by atoms with Gasteiger partial charge in [-0.05, 0) is 17.6 Å². The zero-order valence-corrected chi connectivity index (χ0v) is 7.95. The molecule has 14 heavy (non-hydrogen) atoms. The molecule has 0 aliphatic heterocycles. The molecule has 0 amide bonds. The van der Waals surface area contributed by atoms with Crippen LogP contribution < -0.4 is 4.74 Å². The largest absolute Gasteiger partial charge is 0.480 e. The van der Waals surface area contributed by atoms with E-state index >= 15 is 0 Å². The van der Waals surface area contributed by atoms with E-state index in [9.17, 15) is 4.79 Å².